The van der Waals surface area contributed by atoms with Gasteiger partial charge in [-0.2, -0.15) is 11.3 Å². The summed E-state index contributed by atoms with van der Waals surface area (Å²) in [5.41, 5.74) is 4.19. The standard InChI is InChI=1S/C13H17NS2/c1-8-5-10(3)16-13(8)12(14-4)11-7-15-6-9(11)2/h5-7,12,14H,1-4H3. The fraction of sp³-hybridized carbons (Fsp3) is 0.385. The van der Waals surface area contributed by atoms with Crippen molar-refractivity contribution in [3.05, 3.63) is 43.3 Å². The smallest absolute Gasteiger partial charge is 0.0682 e. The molecule has 1 N–H and O–H groups in total. The van der Waals surface area contributed by atoms with Crippen molar-refractivity contribution in [2.24, 2.45) is 0 Å². The third-order valence-corrected chi connectivity index (χ3v) is 4.93. The van der Waals surface area contributed by atoms with Crippen LogP contribution >= 0.6 is 22.7 Å². The van der Waals surface area contributed by atoms with Crippen molar-refractivity contribution in [2.75, 3.05) is 7.05 Å². The van der Waals surface area contributed by atoms with E-state index in [0.717, 1.165) is 0 Å². The highest BCUT2D eigenvalue weighted by molar-refractivity contribution is 7.12. The lowest BCUT2D eigenvalue weighted by molar-refractivity contribution is 0.699. The number of hydrogen-bond acceptors (Lipinski definition) is 3. The molecule has 1 atom stereocenters. The van der Waals surface area contributed by atoms with Gasteiger partial charge in [-0.3, -0.25) is 0 Å². The number of aryl methyl sites for hydroxylation is 3. The minimum absolute atomic E-state index is 0.352. The Morgan fingerprint density at radius 1 is 1.12 bits per heavy atom. The summed E-state index contributed by atoms with van der Waals surface area (Å²) in [7, 11) is 2.04. The van der Waals surface area contributed by atoms with Crippen LogP contribution < -0.4 is 5.32 Å². The maximum Gasteiger partial charge on any atom is 0.0682 e. The van der Waals surface area contributed by atoms with Gasteiger partial charge in [-0.05, 0) is 61.3 Å². The Hall–Kier alpha value is -0.640. The van der Waals surface area contributed by atoms with E-state index in [2.05, 4.69) is 42.9 Å². The first-order chi connectivity index (χ1) is 7.63. The van der Waals surface area contributed by atoms with Gasteiger partial charge in [-0.15, -0.1) is 11.3 Å². The predicted molar refractivity (Wildman–Crippen MR) is 73.8 cm³/mol. The maximum absolute atomic E-state index is 3.43. The maximum atomic E-state index is 3.43. The summed E-state index contributed by atoms with van der Waals surface area (Å²) in [6.45, 7) is 6.56. The number of nitrogens with one attached hydrogen (secondary N) is 1. The van der Waals surface area contributed by atoms with Crippen LogP contribution in [-0.4, -0.2) is 7.05 Å². The van der Waals surface area contributed by atoms with Gasteiger partial charge >= 0.3 is 0 Å². The van der Waals surface area contributed by atoms with Crippen molar-refractivity contribution in [3.63, 3.8) is 0 Å². The molecule has 0 bridgehead atoms. The topological polar surface area (TPSA) is 12.0 Å². The lowest BCUT2D eigenvalue weighted by Crippen LogP contribution is -2.17. The van der Waals surface area contributed by atoms with E-state index in [-0.39, 0.29) is 0 Å². The molecule has 0 saturated carbocycles. The van der Waals surface area contributed by atoms with Gasteiger partial charge in [-0.1, -0.05) is 0 Å². The SMILES string of the molecule is CNC(c1cscc1C)c1sc(C)cc1C. The van der Waals surface area contributed by atoms with Crippen LogP contribution in [0.25, 0.3) is 0 Å². The molecule has 0 aromatic carbocycles. The van der Waals surface area contributed by atoms with E-state index in [1.54, 1.807) is 11.3 Å². The Labute approximate surface area is 105 Å². The van der Waals surface area contributed by atoms with Crippen molar-refractivity contribution in [1.82, 2.24) is 5.32 Å². The molecule has 0 aliphatic carbocycles. The van der Waals surface area contributed by atoms with Gasteiger partial charge < -0.3 is 5.32 Å². The summed E-state index contributed by atoms with van der Waals surface area (Å²) < 4.78 is 0. The highest BCUT2D eigenvalue weighted by Crippen LogP contribution is 2.34. The van der Waals surface area contributed by atoms with Crippen LogP contribution in [0.15, 0.2) is 16.8 Å². The van der Waals surface area contributed by atoms with E-state index in [1.807, 2.05) is 18.4 Å². The molecule has 0 radical (unpaired) electrons. The Morgan fingerprint density at radius 3 is 2.31 bits per heavy atom. The van der Waals surface area contributed by atoms with Gasteiger partial charge in [0, 0.05) is 9.75 Å². The molecule has 2 heterocycles. The molecular weight excluding hydrogens is 234 g/mol. The minimum atomic E-state index is 0.352. The Kier molecular flexibility index (Phi) is 3.47. The van der Waals surface area contributed by atoms with Crippen molar-refractivity contribution >= 4 is 22.7 Å². The van der Waals surface area contributed by atoms with Gasteiger partial charge in [0.1, 0.15) is 0 Å². The highest BCUT2D eigenvalue weighted by atomic mass is 32.1. The molecule has 0 aliphatic rings. The van der Waals surface area contributed by atoms with Gasteiger partial charge in [0.15, 0.2) is 0 Å². The summed E-state index contributed by atoms with van der Waals surface area (Å²) in [6.07, 6.45) is 0. The van der Waals surface area contributed by atoms with E-state index >= 15 is 0 Å². The normalized spacial score (nSPS) is 13.0. The van der Waals surface area contributed by atoms with Crippen molar-refractivity contribution in [1.29, 1.82) is 0 Å². The quantitative estimate of drug-likeness (QED) is 0.868. The van der Waals surface area contributed by atoms with Crippen LogP contribution in [0.4, 0.5) is 0 Å². The second kappa shape index (κ2) is 4.70. The van der Waals surface area contributed by atoms with Crippen LogP contribution in [0.2, 0.25) is 0 Å². The largest absolute Gasteiger partial charge is 0.309 e. The zero-order valence-electron chi connectivity index (χ0n) is 10.1. The van der Waals surface area contributed by atoms with E-state index in [4.69, 9.17) is 0 Å². The van der Waals surface area contributed by atoms with E-state index in [0.29, 0.717) is 6.04 Å². The molecular formula is C13H17NS2. The summed E-state index contributed by atoms with van der Waals surface area (Å²) in [5.74, 6) is 0. The first-order valence-electron chi connectivity index (χ1n) is 5.40. The lowest BCUT2D eigenvalue weighted by Gasteiger charge is -2.16. The lowest BCUT2D eigenvalue weighted by atomic mass is 10.0. The monoisotopic (exact) mass is 251 g/mol. The zero-order valence-corrected chi connectivity index (χ0v) is 11.8. The number of hydrogen-bond donors (Lipinski definition) is 1. The summed E-state index contributed by atoms with van der Waals surface area (Å²) >= 11 is 3.68. The molecule has 1 nitrogen and oxygen atoms in total. The molecule has 0 fully saturated rings. The van der Waals surface area contributed by atoms with Crippen LogP contribution in [0.5, 0.6) is 0 Å². The predicted octanol–water partition coefficient (Wildman–Crippen LogP) is 4.04. The average molecular weight is 251 g/mol. The van der Waals surface area contributed by atoms with Gasteiger partial charge in [-0.25, -0.2) is 0 Å². The van der Waals surface area contributed by atoms with E-state index in [9.17, 15) is 0 Å². The van der Waals surface area contributed by atoms with E-state index < -0.39 is 0 Å². The molecule has 0 aliphatic heterocycles. The van der Waals surface area contributed by atoms with Crippen LogP contribution in [0.3, 0.4) is 0 Å². The second-order valence-corrected chi connectivity index (χ2v) is 6.17. The Balaban J connectivity index is 2.44. The molecule has 2 aromatic rings. The Bertz CT molecular complexity index is 482. The molecule has 0 spiro atoms. The van der Waals surface area contributed by atoms with Crippen molar-refractivity contribution in [2.45, 2.75) is 26.8 Å². The Morgan fingerprint density at radius 2 is 1.88 bits per heavy atom. The number of rotatable bonds is 3. The molecule has 16 heavy (non-hydrogen) atoms. The summed E-state index contributed by atoms with van der Waals surface area (Å²) in [5, 5.41) is 7.91. The molecule has 3 heteroatoms. The average Bonchev–Trinajstić information content (AvgIpc) is 2.77. The van der Waals surface area contributed by atoms with Crippen molar-refractivity contribution in [3.8, 4) is 0 Å². The van der Waals surface area contributed by atoms with Gasteiger partial charge in [0.25, 0.3) is 0 Å². The molecule has 2 rings (SSSR count). The highest BCUT2D eigenvalue weighted by Gasteiger charge is 2.18. The first kappa shape index (κ1) is 11.8. The zero-order chi connectivity index (χ0) is 11.7. The molecule has 2 aromatic heterocycles. The molecule has 1 unspecified atom stereocenters. The van der Waals surface area contributed by atoms with Crippen molar-refractivity contribution < 1.29 is 0 Å². The molecule has 0 saturated heterocycles. The van der Waals surface area contributed by atoms with Gasteiger partial charge in [0.05, 0.1) is 6.04 Å². The fourth-order valence-electron chi connectivity index (χ4n) is 2.04. The van der Waals surface area contributed by atoms with E-state index in [1.165, 1.54) is 26.4 Å². The number of thiophene rings is 2. The van der Waals surface area contributed by atoms with Crippen LogP contribution in [-0.2, 0) is 0 Å². The fourth-order valence-corrected chi connectivity index (χ4v) is 4.08. The first-order valence-corrected chi connectivity index (χ1v) is 7.16. The minimum Gasteiger partial charge on any atom is -0.309 e. The second-order valence-electron chi connectivity index (χ2n) is 4.14. The van der Waals surface area contributed by atoms with Crippen LogP contribution in [0.1, 0.15) is 32.5 Å². The molecule has 0 amide bonds. The summed E-state index contributed by atoms with van der Waals surface area (Å²) in [6, 6.07) is 2.62. The summed E-state index contributed by atoms with van der Waals surface area (Å²) in [4.78, 5) is 2.84. The third-order valence-electron chi connectivity index (χ3n) is 2.84. The van der Waals surface area contributed by atoms with Gasteiger partial charge in [0.2, 0.25) is 0 Å². The van der Waals surface area contributed by atoms with Crippen LogP contribution in [0, 0.1) is 20.8 Å². The third kappa shape index (κ3) is 2.08. The molecule has 86 valence electrons.